The Labute approximate surface area is 416 Å². The molecule has 2 N–H and O–H groups in total. The summed E-state index contributed by atoms with van der Waals surface area (Å²) < 4.78 is 64.4. The van der Waals surface area contributed by atoms with Crippen LogP contribution in [0.15, 0.2) is 81.0 Å². The molecule has 2 aliphatic rings. The van der Waals surface area contributed by atoms with E-state index in [0.29, 0.717) is 25.5 Å². The van der Waals surface area contributed by atoms with Crippen LogP contribution in [0.3, 0.4) is 0 Å². The molecule has 26 nitrogen and oxygen atoms in total. The summed E-state index contributed by atoms with van der Waals surface area (Å²) in [6.45, 7) is 11.5. The third-order valence-corrected chi connectivity index (χ3v) is 10.1. The van der Waals surface area contributed by atoms with Gasteiger partial charge in [0, 0.05) is 25.1 Å². The number of nitrogens with one attached hydrogen (secondary N) is 1. The lowest BCUT2D eigenvalue weighted by Crippen LogP contribution is -2.64. The summed E-state index contributed by atoms with van der Waals surface area (Å²) >= 11 is 0. The number of piperidine rings is 1. The van der Waals surface area contributed by atoms with Crippen LogP contribution in [-0.4, -0.2) is 147 Å². The number of amides is 2. The minimum atomic E-state index is -2.18. The highest BCUT2D eigenvalue weighted by Crippen LogP contribution is 2.38. The molecule has 0 spiro atoms. The summed E-state index contributed by atoms with van der Waals surface area (Å²) in [4.78, 5) is 116. The van der Waals surface area contributed by atoms with Gasteiger partial charge in [0.25, 0.3) is 5.91 Å². The molecule has 2 amide bonds. The Morgan fingerprint density at radius 3 is 2.01 bits per heavy atom. The van der Waals surface area contributed by atoms with E-state index in [9.17, 15) is 48.5 Å². The van der Waals surface area contributed by atoms with Crippen LogP contribution in [0.5, 0.6) is 17.2 Å². The number of aldehydes is 1. The summed E-state index contributed by atoms with van der Waals surface area (Å²) in [5.74, 6) is -3.58. The number of carboxylic acids is 1. The Kier molecular flexibility index (Phi) is 22.5. The fraction of sp³-hybridized carbons (Fsp3) is 0.404. The van der Waals surface area contributed by atoms with Crippen LogP contribution < -0.4 is 19.5 Å². The minimum Gasteiger partial charge on any atom is -0.493 e. The lowest BCUT2D eigenvalue weighted by atomic mass is 9.98. The molecule has 2 heterocycles. The Balaban J connectivity index is 1.69. The first kappa shape index (κ1) is 56.9. The summed E-state index contributed by atoms with van der Waals surface area (Å²) in [6, 6.07) is 4.90. The van der Waals surface area contributed by atoms with Crippen LogP contribution in [0.2, 0.25) is 0 Å². The van der Waals surface area contributed by atoms with Gasteiger partial charge in [0.05, 0.1) is 35.9 Å². The number of nitro benzene ring substituents is 1. The summed E-state index contributed by atoms with van der Waals surface area (Å²) in [6.07, 6.45) is -9.36. The number of hydrogen-bond donors (Lipinski definition) is 2. The molecule has 0 aromatic heterocycles. The third kappa shape index (κ3) is 16.7. The summed E-state index contributed by atoms with van der Waals surface area (Å²) in [5, 5.41) is 24.1. The number of esters is 1. The number of nitro groups is 1. The van der Waals surface area contributed by atoms with Crippen molar-refractivity contribution in [1.29, 1.82) is 0 Å². The largest absolute Gasteiger partial charge is 0.509 e. The number of carbonyl (C=O) groups is 8. The van der Waals surface area contributed by atoms with Gasteiger partial charge in [-0.2, -0.15) is 0 Å². The molecule has 73 heavy (non-hydrogen) atoms. The molecule has 4 rings (SSSR count). The molecular formula is C47H53N3O23. The molecule has 2 saturated heterocycles. The second-order valence-electron chi connectivity index (χ2n) is 15.1. The molecular weight excluding hydrogens is 975 g/mol. The molecule has 6 atom stereocenters. The van der Waals surface area contributed by atoms with E-state index in [1.165, 1.54) is 42.4 Å². The van der Waals surface area contributed by atoms with Gasteiger partial charge in [0.15, 0.2) is 35.6 Å². The maximum absolute atomic E-state index is 14.0. The predicted molar refractivity (Wildman–Crippen MR) is 247 cm³/mol. The van der Waals surface area contributed by atoms with Gasteiger partial charge in [-0.15, -0.1) is 0 Å². The molecule has 0 bridgehead atoms. The maximum atomic E-state index is 14.0. The number of anilines is 1. The number of benzene rings is 2. The first-order valence-corrected chi connectivity index (χ1v) is 22.1. The summed E-state index contributed by atoms with van der Waals surface area (Å²) in [5.41, 5.74) is -1.14. The van der Waals surface area contributed by atoms with Crippen LogP contribution in [-0.2, 0) is 63.6 Å². The van der Waals surface area contributed by atoms with Crippen molar-refractivity contribution in [3.05, 3.63) is 102 Å². The molecule has 0 saturated carbocycles. The molecule has 0 unspecified atom stereocenters. The van der Waals surface area contributed by atoms with E-state index < -0.39 is 129 Å². The maximum Gasteiger partial charge on any atom is 0.509 e. The van der Waals surface area contributed by atoms with E-state index in [2.05, 4.69) is 31.6 Å². The van der Waals surface area contributed by atoms with Crippen molar-refractivity contribution in [3.8, 4) is 17.2 Å². The van der Waals surface area contributed by atoms with Crippen molar-refractivity contribution >= 4 is 60.1 Å². The van der Waals surface area contributed by atoms with Gasteiger partial charge in [-0.05, 0) is 43.4 Å². The highest BCUT2D eigenvalue weighted by molar-refractivity contribution is 6.04. The van der Waals surface area contributed by atoms with E-state index in [1.54, 1.807) is 0 Å². The van der Waals surface area contributed by atoms with Crippen molar-refractivity contribution in [1.82, 2.24) is 4.90 Å². The average molecular weight is 1030 g/mol. The minimum absolute atomic E-state index is 0.0133. The quantitative estimate of drug-likeness (QED) is 0.0215. The Morgan fingerprint density at radius 2 is 1.42 bits per heavy atom. The normalized spacial score (nSPS) is 18.9. The van der Waals surface area contributed by atoms with Gasteiger partial charge in [-0.1, -0.05) is 56.7 Å². The number of ether oxygens (including phenoxy) is 12. The second kappa shape index (κ2) is 28.9. The standard InChI is InChI=1S/C47H53N3O23/c1-6-18-64-42(55)39-37(71-45(57)65-19-7-2)38(72-46(58)66-20-8-3)40(73-47(59)67-21-9-4)43(70-39)69-33-16-15-28(23-32(33)50(60)61)27-68-44(56)48-31-25-35(63-22-12-14-36(52)53)34(62-5)24-30(31)41(54)49-17-11-10-13-29(49)26-51/h6-9,15-16,23-26,29,37-40,43H,1-4,10-14,17-22,27H2,5H3,(H,48,56)(H,52,53)/t29-,37-,38-,39-,40+,43+/m0/s1. The van der Waals surface area contributed by atoms with Crippen molar-refractivity contribution in [2.75, 3.05) is 52.0 Å². The fourth-order valence-corrected chi connectivity index (χ4v) is 6.86. The molecule has 2 fully saturated rings. The molecule has 0 radical (unpaired) electrons. The van der Waals surface area contributed by atoms with Crippen LogP contribution in [0.1, 0.15) is 48.0 Å². The monoisotopic (exact) mass is 1030 g/mol. The number of methoxy groups -OCH3 is 1. The van der Waals surface area contributed by atoms with Crippen molar-refractivity contribution in [2.45, 2.75) is 75.5 Å². The first-order chi connectivity index (χ1) is 35.1. The molecule has 2 aromatic carbocycles. The van der Waals surface area contributed by atoms with Gasteiger partial charge in [-0.25, -0.2) is 24.0 Å². The third-order valence-electron chi connectivity index (χ3n) is 10.1. The van der Waals surface area contributed by atoms with Gasteiger partial charge in [0.1, 0.15) is 39.3 Å². The van der Waals surface area contributed by atoms with Gasteiger partial charge < -0.3 is 71.6 Å². The van der Waals surface area contributed by atoms with Gasteiger partial charge >= 0.3 is 42.2 Å². The molecule has 0 aliphatic carbocycles. The Morgan fingerprint density at radius 1 is 0.808 bits per heavy atom. The van der Waals surface area contributed by atoms with Crippen LogP contribution >= 0.6 is 0 Å². The molecule has 2 aromatic rings. The fourth-order valence-electron chi connectivity index (χ4n) is 6.86. The zero-order valence-electron chi connectivity index (χ0n) is 39.4. The van der Waals surface area contributed by atoms with E-state index in [0.717, 1.165) is 24.3 Å². The number of carboxylic acid groups (broad SMARTS) is 1. The highest BCUT2D eigenvalue weighted by Gasteiger charge is 2.57. The van der Waals surface area contributed by atoms with Gasteiger partial charge in [-0.3, -0.25) is 25.0 Å². The van der Waals surface area contributed by atoms with Crippen LogP contribution in [0.4, 0.5) is 30.6 Å². The van der Waals surface area contributed by atoms with E-state index in [-0.39, 0.29) is 54.3 Å². The van der Waals surface area contributed by atoms with E-state index in [1.807, 2.05) is 0 Å². The Bertz CT molecular complexity index is 2370. The first-order valence-electron chi connectivity index (χ1n) is 22.1. The van der Waals surface area contributed by atoms with Crippen molar-refractivity contribution in [2.24, 2.45) is 0 Å². The second-order valence-corrected chi connectivity index (χ2v) is 15.1. The van der Waals surface area contributed by atoms with E-state index in [4.69, 9.17) is 61.9 Å². The number of likely N-dealkylation sites (tertiary alicyclic amines) is 1. The molecule has 2 aliphatic heterocycles. The molecule has 26 heteroatoms. The number of nitrogens with zero attached hydrogens (tertiary/aromatic N) is 2. The number of aliphatic carboxylic acids is 1. The summed E-state index contributed by atoms with van der Waals surface area (Å²) in [7, 11) is 1.29. The lowest BCUT2D eigenvalue weighted by Gasteiger charge is -2.42. The van der Waals surface area contributed by atoms with Crippen LogP contribution in [0.25, 0.3) is 0 Å². The predicted octanol–water partition coefficient (Wildman–Crippen LogP) is 5.75. The number of carbonyl (C=O) groups excluding carboxylic acids is 7. The van der Waals surface area contributed by atoms with Crippen molar-refractivity contribution < 1.29 is 105 Å². The number of rotatable bonds is 26. The van der Waals surface area contributed by atoms with Crippen molar-refractivity contribution in [3.63, 3.8) is 0 Å². The smallest absolute Gasteiger partial charge is 0.493 e. The number of hydrogen-bond acceptors (Lipinski definition) is 22. The SMILES string of the molecule is C=CCOC(=O)O[C@@H]1[C@@H](OC(=O)OCC=C)[C@H](Oc2ccc(COC(=O)Nc3cc(OCCCC(=O)O)c(OC)cc3C(=O)N3CCCC[C@H]3C=O)cc2[N+](=O)[O-])O[C@H](C(=O)OCC=C)[C@H]1OC(=O)OCC=C. The zero-order valence-corrected chi connectivity index (χ0v) is 39.4. The average Bonchev–Trinajstić information content (AvgIpc) is 3.37. The van der Waals surface area contributed by atoms with Crippen LogP contribution in [0, 0.1) is 10.1 Å². The topological polar surface area (TPSA) is 326 Å². The lowest BCUT2D eigenvalue weighted by molar-refractivity contribution is -0.387. The Hall–Kier alpha value is -8.68. The zero-order chi connectivity index (χ0) is 53.5. The van der Waals surface area contributed by atoms with E-state index >= 15 is 0 Å². The van der Waals surface area contributed by atoms with Gasteiger partial charge in [0.2, 0.25) is 12.4 Å². The molecule has 394 valence electrons. The highest BCUT2D eigenvalue weighted by atomic mass is 16.8.